The molecule has 0 aliphatic carbocycles. The highest BCUT2D eigenvalue weighted by Gasteiger charge is 2.18. The first-order chi connectivity index (χ1) is 22.2. The normalized spacial score (nSPS) is 11.8. The van der Waals surface area contributed by atoms with Crippen LogP contribution in [0.2, 0.25) is 0 Å². The Morgan fingerprint density at radius 1 is 0.600 bits per heavy atom. The number of para-hydroxylation sites is 1. The molecule has 0 aliphatic heterocycles. The van der Waals surface area contributed by atoms with Gasteiger partial charge in [-0.15, -0.1) is 23.1 Å². The molecule has 0 unspecified atom stereocenters. The van der Waals surface area contributed by atoms with Crippen molar-refractivity contribution in [2.75, 3.05) is 5.73 Å². The van der Waals surface area contributed by atoms with E-state index in [0.29, 0.717) is 0 Å². The molecule has 0 radical (unpaired) electrons. The number of nitrogens with zero attached hydrogens (tertiary/aromatic N) is 1. The van der Waals surface area contributed by atoms with Crippen molar-refractivity contribution in [1.82, 2.24) is 4.57 Å². The van der Waals surface area contributed by atoms with Gasteiger partial charge in [-0.1, -0.05) is 103 Å². The second kappa shape index (κ2) is 10.6. The lowest BCUT2D eigenvalue weighted by Gasteiger charge is -2.13. The number of aromatic nitrogens is 1. The lowest BCUT2D eigenvalue weighted by molar-refractivity contribution is 1.17. The Morgan fingerprint density at radius 3 is 2.11 bits per heavy atom. The summed E-state index contributed by atoms with van der Waals surface area (Å²) in [7, 11) is 0. The van der Waals surface area contributed by atoms with Crippen LogP contribution >= 0.6 is 23.1 Å². The van der Waals surface area contributed by atoms with Gasteiger partial charge in [0.1, 0.15) is 0 Å². The van der Waals surface area contributed by atoms with Gasteiger partial charge in [0.05, 0.1) is 16.7 Å². The summed E-state index contributed by atoms with van der Waals surface area (Å²) >= 11 is 3.65. The van der Waals surface area contributed by atoms with E-state index in [2.05, 4.69) is 150 Å². The average Bonchev–Trinajstić information content (AvgIpc) is 3.64. The van der Waals surface area contributed by atoms with Crippen LogP contribution in [-0.2, 0) is 5.75 Å². The Kier molecular flexibility index (Phi) is 6.19. The van der Waals surface area contributed by atoms with Gasteiger partial charge in [0.15, 0.2) is 0 Å². The van der Waals surface area contributed by atoms with Crippen molar-refractivity contribution in [2.24, 2.45) is 0 Å². The van der Waals surface area contributed by atoms with E-state index in [-0.39, 0.29) is 0 Å². The number of nitrogens with two attached hydrogens (primary N) is 1. The highest BCUT2D eigenvalue weighted by Crippen LogP contribution is 2.47. The Hall–Kier alpha value is -5.03. The maximum Gasteiger partial charge on any atom is 0.0547 e. The summed E-state index contributed by atoms with van der Waals surface area (Å²) in [5.41, 5.74) is 15.2. The average molecular weight is 613 g/mol. The van der Waals surface area contributed by atoms with Crippen molar-refractivity contribution >= 4 is 81.5 Å². The lowest BCUT2D eigenvalue weighted by Crippen LogP contribution is -1.95. The second-order valence-corrected chi connectivity index (χ2v) is 13.6. The topological polar surface area (TPSA) is 30.9 Å². The van der Waals surface area contributed by atoms with E-state index in [1.54, 1.807) is 0 Å². The summed E-state index contributed by atoms with van der Waals surface area (Å²) in [4.78, 5) is 1.13. The molecule has 45 heavy (non-hydrogen) atoms. The number of thiophene rings is 1. The number of anilines is 1. The molecule has 9 rings (SSSR count). The summed E-state index contributed by atoms with van der Waals surface area (Å²) in [5, 5.41) is 7.49. The molecule has 0 aliphatic rings. The minimum absolute atomic E-state index is 0.837. The van der Waals surface area contributed by atoms with Gasteiger partial charge in [-0.25, -0.2) is 0 Å². The van der Waals surface area contributed by atoms with Crippen molar-refractivity contribution < 1.29 is 0 Å². The maximum absolute atomic E-state index is 6.96. The third kappa shape index (κ3) is 4.33. The molecular formula is C41H28N2S2. The Bertz CT molecular complexity index is 2540. The van der Waals surface area contributed by atoms with E-state index in [4.69, 9.17) is 5.73 Å². The van der Waals surface area contributed by atoms with E-state index in [0.717, 1.165) is 16.3 Å². The Balaban J connectivity index is 1.10. The fourth-order valence-corrected chi connectivity index (χ4v) is 8.92. The van der Waals surface area contributed by atoms with E-state index >= 15 is 0 Å². The zero-order valence-corrected chi connectivity index (χ0v) is 26.0. The molecule has 9 aromatic rings. The van der Waals surface area contributed by atoms with Crippen LogP contribution in [0.3, 0.4) is 0 Å². The molecule has 0 atom stereocenters. The molecule has 0 amide bonds. The minimum Gasteiger partial charge on any atom is -0.397 e. The zero-order valence-electron chi connectivity index (χ0n) is 24.4. The number of benzene rings is 7. The molecular weight excluding hydrogens is 585 g/mol. The number of hydrogen-bond donors (Lipinski definition) is 1. The van der Waals surface area contributed by atoms with Crippen molar-refractivity contribution in [3.05, 3.63) is 151 Å². The van der Waals surface area contributed by atoms with E-state index < -0.39 is 0 Å². The first-order valence-corrected chi connectivity index (χ1v) is 17.0. The van der Waals surface area contributed by atoms with Crippen molar-refractivity contribution in [2.45, 2.75) is 10.6 Å². The fourth-order valence-electron chi connectivity index (χ4n) is 6.69. The van der Waals surface area contributed by atoms with E-state index in [9.17, 15) is 0 Å². The van der Waals surface area contributed by atoms with Crippen LogP contribution in [0.15, 0.2) is 150 Å². The van der Waals surface area contributed by atoms with Crippen LogP contribution in [0.25, 0.3) is 69.6 Å². The fraction of sp³-hybridized carbons (Fsp3) is 0.0244. The number of nitrogen functional groups attached to an aromatic ring is 1. The molecule has 7 aromatic carbocycles. The summed E-state index contributed by atoms with van der Waals surface area (Å²) in [5.74, 6) is 0.837. The molecule has 214 valence electrons. The van der Waals surface area contributed by atoms with Crippen LogP contribution in [0, 0.1) is 0 Å². The zero-order chi connectivity index (χ0) is 29.9. The van der Waals surface area contributed by atoms with Crippen LogP contribution in [-0.4, -0.2) is 4.57 Å². The quantitative estimate of drug-likeness (QED) is 0.155. The molecule has 2 heterocycles. The monoisotopic (exact) mass is 612 g/mol. The van der Waals surface area contributed by atoms with Gasteiger partial charge < -0.3 is 10.3 Å². The second-order valence-electron chi connectivity index (χ2n) is 11.5. The number of rotatable bonds is 5. The number of thioether (sulfide) groups is 1. The van der Waals surface area contributed by atoms with Crippen molar-refractivity contribution in [1.29, 1.82) is 0 Å². The van der Waals surface area contributed by atoms with E-state index in [1.165, 1.54) is 75.1 Å². The van der Waals surface area contributed by atoms with Crippen LogP contribution in [0.1, 0.15) is 5.56 Å². The van der Waals surface area contributed by atoms with Gasteiger partial charge in [-0.2, -0.15) is 0 Å². The SMILES string of the molecule is Nc1c(SCc2ccc(-n3c4ccccc4c4cc5ccccc5cc43)cc2)cc(-c2ccccc2)c2sc3ccccc3c12. The molecule has 0 saturated carbocycles. The van der Waals surface area contributed by atoms with Gasteiger partial charge in [-0.05, 0) is 64.4 Å². The van der Waals surface area contributed by atoms with Gasteiger partial charge in [-0.3, -0.25) is 0 Å². The first-order valence-electron chi connectivity index (χ1n) is 15.2. The molecule has 0 saturated heterocycles. The summed E-state index contributed by atoms with van der Waals surface area (Å²) in [6.45, 7) is 0. The maximum atomic E-state index is 6.96. The number of fused-ring (bicyclic) bond motifs is 7. The predicted molar refractivity (Wildman–Crippen MR) is 197 cm³/mol. The summed E-state index contributed by atoms with van der Waals surface area (Å²) in [6, 6.07) is 52.6. The van der Waals surface area contributed by atoms with E-state index in [1.807, 2.05) is 23.1 Å². The van der Waals surface area contributed by atoms with Gasteiger partial charge in [0, 0.05) is 52.8 Å². The van der Waals surface area contributed by atoms with Crippen molar-refractivity contribution in [3.63, 3.8) is 0 Å². The minimum atomic E-state index is 0.837. The summed E-state index contributed by atoms with van der Waals surface area (Å²) in [6.07, 6.45) is 0. The molecule has 0 spiro atoms. The molecule has 2 N–H and O–H groups in total. The van der Waals surface area contributed by atoms with Crippen molar-refractivity contribution in [3.8, 4) is 16.8 Å². The third-order valence-electron chi connectivity index (χ3n) is 8.86. The lowest BCUT2D eigenvalue weighted by atomic mass is 10.0. The van der Waals surface area contributed by atoms with Gasteiger partial charge in [0.25, 0.3) is 0 Å². The highest BCUT2D eigenvalue weighted by atomic mass is 32.2. The van der Waals surface area contributed by atoms with Gasteiger partial charge >= 0.3 is 0 Å². The highest BCUT2D eigenvalue weighted by molar-refractivity contribution is 7.98. The molecule has 2 aromatic heterocycles. The third-order valence-corrected chi connectivity index (χ3v) is 11.2. The van der Waals surface area contributed by atoms with Crippen LogP contribution in [0.4, 0.5) is 5.69 Å². The molecule has 0 fully saturated rings. The standard InChI is InChI=1S/C41H28N2S2/c42-40-38(24-33(27-10-2-1-3-11-27)41-39(40)32-15-7-9-17-37(32)45-41)44-25-26-18-20-30(21-19-26)43-35-16-8-6-14-31(35)34-22-28-12-4-5-13-29(28)23-36(34)43/h1-24H,25,42H2. The van der Waals surface area contributed by atoms with Crippen LogP contribution in [0.5, 0.6) is 0 Å². The first kappa shape index (κ1) is 26.4. The van der Waals surface area contributed by atoms with Gasteiger partial charge in [0.2, 0.25) is 0 Å². The smallest absolute Gasteiger partial charge is 0.0547 e. The van der Waals surface area contributed by atoms with Crippen LogP contribution < -0.4 is 5.73 Å². The molecule has 2 nitrogen and oxygen atoms in total. The Labute approximate surface area is 269 Å². The molecule has 4 heteroatoms. The largest absolute Gasteiger partial charge is 0.397 e. The Morgan fingerprint density at radius 2 is 1.29 bits per heavy atom. The number of hydrogen-bond acceptors (Lipinski definition) is 3. The summed E-state index contributed by atoms with van der Waals surface area (Å²) < 4.78 is 4.92. The molecule has 0 bridgehead atoms. The predicted octanol–water partition coefficient (Wildman–Crippen LogP) is 11.8.